The molecule has 0 radical (unpaired) electrons. The van der Waals surface area contributed by atoms with E-state index in [1.807, 2.05) is 0 Å². The second kappa shape index (κ2) is 7.20. The third-order valence-corrected chi connectivity index (χ3v) is 4.65. The standard InChI is InChI=1S/C15H18Cl2N2O3/c16-10-3-1-4-11(17)13(10)15(6-2-7-15)9-19-14(22)18-8-5-12(20)21/h1,3-4H,2,5-9H2,(H,20,21)(H2,18,19,22). The average Bonchev–Trinajstić information content (AvgIpc) is 2.39. The van der Waals surface area contributed by atoms with Crippen LogP contribution in [-0.2, 0) is 10.2 Å². The van der Waals surface area contributed by atoms with Gasteiger partial charge in [-0.2, -0.15) is 0 Å². The van der Waals surface area contributed by atoms with E-state index in [1.54, 1.807) is 18.2 Å². The van der Waals surface area contributed by atoms with Gasteiger partial charge in [-0.05, 0) is 30.5 Å². The molecule has 5 nitrogen and oxygen atoms in total. The van der Waals surface area contributed by atoms with E-state index in [0.29, 0.717) is 16.6 Å². The van der Waals surface area contributed by atoms with Crippen LogP contribution in [0.5, 0.6) is 0 Å². The summed E-state index contributed by atoms with van der Waals surface area (Å²) in [6.45, 7) is 0.524. The Hall–Kier alpha value is -1.46. The van der Waals surface area contributed by atoms with Crippen molar-refractivity contribution in [2.24, 2.45) is 0 Å². The van der Waals surface area contributed by atoms with Gasteiger partial charge in [-0.1, -0.05) is 35.7 Å². The van der Waals surface area contributed by atoms with Crippen molar-refractivity contribution < 1.29 is 14.7 Å². The van der Waals surface area contributed by atoms with Gasteiger partial charge in [-0.15, -0.1) is 0 Å². The highest BCUT2D eigenvalue weighted by Crippen LogP contribution is 2.48. The molecule has 0 saturated heterocycles. The lowest BCUT2D eigenvalue weighted by Gasteiger charge is -2.43. The Kier molecular flexibility index (Phi) is 5.53. The quantitative estimate of drug-likeness (QED) is 0.741. The first-order chi connectivity index (χ1) is 10.4. The fourth-order valence-corrected chi connectivity index (χ4v) is 3.52. The molecular formula is C15H18Cl2N2O3. The average molecular weight is 345 g/mol. The Bertz CT molecular complexity index is 554. The molecule has 0 atom stereocenters. The number of urea groups is 1. The maximum Gasteiger partial charge on any atom is 0.314 e. The maximum atomic E-state index is 11.7. The minimum absolute atomic E-state index is 0.0982. The first-order valence-corrected chi connectivity index (χ1v) is 7.88. The van der Waals surface area contributed by atoms with Gasteiger partial charge in [-0.3, -0.25) is 4.79 Å². The van der Waals surface area contributed by atoms with Gasteiger partial charge in [0.15, 0.2) is 0 Å². The highest BCUT2D eigenvalue weighted by Gasteiger charge is 2.41. The summed E-state index contributed by atoms with van der Waals surface area (Å²) in [6.07, 6.45) is 2.77. The second-order valence-corrected chi connectivity index (χ2v) is 6.30. The largest absolute Gasteiger partial charge is 0.481 e. The van der Waals surface area contributed by atoms with E-state index in [0.717, 1.165) is 24.8 Å². The molecule has 0 bridgehead atoms. The lowest BCUT2D eigenvalue weighted by atomic mass is 9.64. The van der Waals surface area contributed by atoms with Crippen LogP contribution in [0.2, 0.25) is 10.0 Å². The topological polar surface area (TPSA) is 78.4 Å². The molecule has 7 heteroatoms. The first kappa shape index (κ1) is 16.9. The van der Waals surface area contributed by atoms with Gasteiger partial charge in [0.25, 0.3) is 0 Å². The summed E-state index contributed by atoms with van der Waals surface area (Å²) in [7, 11) is 0. The van der Waals surface area contributed by atoms with Gasteiger partial charge in [0.05, 0.1) is 6.42 Å². The molecule has 0 aliphatic heterocycles. The van der Waals surface area contributed by atoms with E-state index in [-0.39, 0.29) is 24.4 Å². The maximum absolute atomic E-state index is 11.7. The van der Waals surface area contributed by atoms with Crippen LogP contribution < -0.4 is 10.6 Å². The number of carbonyl (C=O) groups excluding carboxylic acids is 1. The van der Waals surface area contributed by atoms with Crippen molar-refractivity contribution in [3.63, 3.8) is 0 Å². The van der Waals surface area contributed by atoms with Crippen molar-refractivity contribution in [1.82, 2.24) is 10.6 Å². The summed E-state index contributed by atoms with van der Waals surface area (Å²) < 4.78 is 0. The Morgan fingerprint density at radius 1 is 1.18 bits per heavy atom. The number of hydrogen-bond donors (Lipinski definition) is 3. The molecule has 2 rings (SSSR count). The number of carboxylic acid groups (broad SMARTS) is 1. The molecular weight excluding hydrogens is 327 g/mol. The van der Waals surface area contributed by atoms with Crippen LogP contribution in [0.4, 0.5) is 4.79 Å². The van der Waals surface area contributed by atoms with Gasteiger partial charge in [0.1, 0.15) is 0 Å². The molecule has 1 aromatic carbocycles. The highest BCUT2D eigenvalue weighted by atomic mass is 35.5. The van der Waals surface area contributed by atoms with Crippen LogP contribution in [0.15, 0.2) is 18.2 Å². The van der Waals surface area contributed by atoms with Crippen LogP contribution in [0.25, 0.3) is 0 Å². The second-order valence-electron chi connectivity index (χ2n) is 5.48. The summed E-state index contributed by atoms with van der Waals surface area (Å²) >= 11 is 12.6. The Morgan fingerprint density at radius 2 is 1.82 bits per heavy atom. The zero-order chi connectivity index (χ0) is 16.2. The third-order valence-electron chi connectivity index (χ3n) is 4.02. The fraction of sp³-hybridized carbons (Fsp3) is 0.467. The van der Waals surface area contributed by atoms with E-state index in [2.05, 4.69) is 10.6 Å². The van der Waals surface area contributed by atoms with E-state index in [4.69, 9.17) is 28.3 Å². The summed E-state index contributed by atoms with van der Waals surface area (Å²) in [5.74, 6) is -0.946. The summed E-state index contributed by atoms with van der Waals surface area (Å²) in [5.41, 5.74) is 0.648. The molecule has 0 spiro atoms. The van der Waals surface area contributed by atoms with E-state index < -0.39 is 5.97 Å². The molecule has 2 amide bonds. The normalized spacial score (nSPS) is 15.7. The molecule has 1 aliphatic carbocycles. The molecule has 1 aromatic rings. The predicted octanol–water partition coefficient (Wildman–Crippen LogP) is 3.19. The highest BCUT2D eigenvalue weighted by molar-refractivity contribution is 6.36. The van der Waals surface area contributed by atoms with Crippen molar-refractivity contribution in [2.75, 3.05) is 13.1 Å². The number of nitrogens with one attached hydrogen (secondary N) is 2. The smallest absolute Gasteiger partial charge is 0.314 e. The minimum atomic E-state index is -0.946. The summed E-state index contributed by atoms with van der Waals surface area (Å²) in [4.78, 5) is 22.1. The number of halogens is 2. The summed E-state index contributed by atoms with van der Waals surface area (Å²) in [6, 6.07) is 5.02. The van der Waals surface area contributed by atoms with E-state index >= 15 is 0 Å². The van der Waals surface area contributed by atoms with Crippen molar-refractivity contribution in [2.45, 2.75) is 31.1 Å². The van der Waals surface area contributed by atoms with Crippen LogP contribution >= 0.6 is 23.2 Å². The number of rotatable bonds is 6. The predicted molar refractivity (Wildman–Crippen MR) is 85.6 cm³/mol. The zero-order valence-electron chi connectivity index (χ0n) is 12.0. The summed E-state index contributed by atoms with van der Waals surface area (Å²) in [5, 5.41) is 15.1. The number of carboxylic acids is 1. The molecule has 120 valence electrons. The van der Waals surface area contributed by atoms with E-state index in [9.17, 15) is 9.59 Å². The van der Waals surface area contributed by atoms with E-state index in [1.165, 1.54) is 0 Å². The molecule has 1 saturated carbocycles. The van der Waals surface area contributed by atoms with Gasteiger partial charge >= 0.3 is 12.0 Å². The monoisotopic (exact) mass is 344 g/mol. The van der Waals surface area contributed by atoms with Gasteiger partial charge in [-0.25, -0.2) is 4.79 Å². The number of benzene rings is 1. The van der Waals surface area contributed by atoms with Crippen LogP contribution in [0.1, 0.15) is 31.2 Å². The van der Waals surface area contributed by atoms with Gasteiger partial charge in [0.2, 0.25) is 0 Å². The van der Waals surface area contributed by atoms with Crippen LogP contribution in [0.3, 0.4) is 0 Å². The molecule has 0 aromatic heterocycles. The number of carbonyl (C=O) groups is 2. The molecule has 3 N–H and O–H groups in total. The van der Waals surface area contributed by atoms with Crippen molar-refractivity contribution in [3.8, 4) is 0 Å². The SMILES string of the molecule is O=C(O)CCNC(=O)NCC1(c2c(Cl)cccc2Cl)CCC1. The van der Waals surface area contributed by atoms with Crippen LogP contribution in [-0.4, -0.2) is 30.2 Å². The van der Waals surface area contributed by atoms with Gasteiger partial charge in [0, 0.05) is 28.5 Å². The number of amides is 2. The first-order valence-electron chi connectivity index (χ1n) is 7.13. The molecule has 1 aliphatic rings. The molecule has 0 heterocycles. The van der Waals surface area contributed by atoms with Crippen molar-refractivity contribution in [3.05, 3.63) is 33.8 Å². The number of aliphatic carboxylic acids is 1. The number of hydrogen-bond acceptors (Lipinski definition) is 2. The lowest BCUT2D eigenvalue weighted by molar-refractivity contribution is -0.136. The molecule has 1 fully saturated rings. The molecule has 22 heavy (non-hydrogen) atoms. The van der Waals surface area contributed by atoms with Crippen molar-refractivity contribution in [1.29, 1.82) is 0 Å². The minimum Gasteiger partial charge on any atom is -0.481 e. The van der Waals surface area contributed by atoms with Crippen LogP contribution in [0, 0.1) is 0 Å². The Labute approximate surface area is 139 Å². The molecule has 0 unspecified atom stereocenters. The fourth-order valence-electron chi connectivity index (χ4n) is 2.72. The Balaban J connectivity index is 1.97. The van der Waals surface area contributed by atoms with Crippen molar-refractivity contribution >= 4 is 35.2 Å². The zero-order valence-corrected chi connectivity index (χ0v) is 13.5. The van der Waals surface area contributed by atoms with Gasteiger partial charge < -0.3 is 15.7 Å². The lowest BCUT2D eigenvalue weighted by Crippen LogP contribution is -2.48. The Morgan fingerprint density at radius 3 is 2.32 bits per heavy atom. The third kappa shape index (κ3) is 3.84.